The summed E-state index contributed by atoms with van der Waals surface area (Å²) in [5, 5.41) is 3.27. The Hall–Kier alpha value is -1.06. The van der Waals surface area contributed by atoms with Gasteiger partial charge >= 0.3 is 0 Å². The van der Waals surface area contributed by atoms with Crippen LogP contribution in [0.15, 0.2) is 24.3 Å². The lowest BCUT2D eigenvalue weighted by atomic mass is 10.0. The highest BCUT2D eigenvalue weighted by Gasteiger charge is 2.23. The van der Waals surface area contributed by atoms with Gasteiger partial charge in [0, 0.05) is 24.7 Å². The molecular formula is C16H25ClN2O. The van der Waals surface area contributed by atoms with Crippen LogP contribution >= 0.6 is 12.4 Å². The summed E-state index contributed by atoms with van der Waals surface area (Å²) in [5.41, 5.74) is 2.09. The van der Waals surface area contributed by atoms with Crippen LogP contribution in [0.3, 0.4) is 0 Å². The van der Waals surface area contributed by atoms with E-state index in [1.54, 1.807) is 0 Å². The van der Waals surface area contributed by atoms with Crippen molar-refractivity contribution < 1.29 is 4.79 Å². The van der Waals surface area contributed by atoms with Crippen molar-refractivity contribution >= 4 is 18.3 Å². The number of carbonyl (C=O) groups is 1. The highest BCUT2D eigenvalue weighted by molar-refractivity contribution is 5.94. The summed E-state index contributed by atoms with van der Waals surface area (Å²) in [6.45, 7) is 6.03. The molecule has 1 N–H and O–H groups in total. The van der Waals surface area contributed by atoms with Gasteiger partial charge in [0.1, 0.15) is 0 Å². The first-order chi connectivity index (χ1) is 9.11. The van der Waals surface area contributed by atoms with E-state index in [1.807, 2.05) is 24.1 Å². The molecule has 1 amide bonds. The van der Waals surface area contributed by atoms with Crippen LogP contribution in [-0.2, 0) is 0 Å². The molecule has 0 aromatic heterocycles. The fraction of sp³-hybridized carbons (Fsp3) is 0.562. The summed E-state index contributed by atoms with van der Waals surface area (Å²) in [4.78, 5) is 14.4. The maximum absolute atomic E-state index is 12.4. The number of likely N-dealkylation sites (N-methyl/N-ethyl adjacent to an activating group) is 1. The van der Waals surface area contributed by atoms with Gasteiger partial charge in [-0.15, -0.1) is 12.4 Å². The third-order valence-corrected chi connectivity index (χ3v) is 3.94. The van der Waals surface area contributed by atoms with Gasteiger partial charge in [-0.3, -0.25) is 4.79 Å². The lowest BCUT2D eigenvalue weighted by Crippen LogP contribution is -2.46. The number of benzene rings is 1. The minimum Gasteiger partial charge on any atom is -0.337 e. The van der Waals surface area contributed by atoms with Crippen molar-refractivity contribution in [3.63, 3.8) is 0 Å². The van der Waals surface area contributed by atoms with Gasteiger partial charge < -0.3 is 10.2 Å². The number of nitrogens with zero attached hydrogens (tertiary/aromatic N) is 1. The van der Waals surface area contributed by atoms with Crippen molar-refractivity contribution in [2.24, 2.45) is 0 Å². The number of halogens is 1. The van der Waals surface area contributed by atoms with Crippen LogP contribution in [0.4, 0.5) is 0 Å². The molecule has 0 aliphatic carbocycles. The number of hydrogen-bond acceptors (Lipinski definition) is 2. The molecule has 0 saturated carbocycles. The van der Waals surface area contributed by atoms with Crippen LogP contribution in [0, 0.1) is 0 Å². The molecule has 1 aliphatic rings. The van der Waals surface area contributed by atoms with E-state index in [-0.39, 0.29) is 18.3 Å². The number of amides is 1. The topological polar surface area (TPSA) is 32.3 Å². The average Bonchev–Trinajstić information content (AvgIpc) is 2.46. The third kappa shape index (κ3) is 3.97. The molecule has 2 rings (SSSR count). The zero-order chi connectivity index (χ0) is 13.8. The Balaban J connectivity index is 0.00000200. The number of hydrogen-bond donors (Lipinski definition) is 1. The Bertz CT molecular complexity index is 431. The van der Waals surface area contributed by atoms with Gasteiger partial charge in [0.2, 0.25) is 0 Å². The van der Waals surface area contributed by atoms with E-state index in [4.69, 9.17) is 0 Å². The summed E-state index contributed by atoms with van der Waals surface area (Å²) >= 11 is 0. The summed E-state index contributed by atoms with van der Waals surface area (Å²) in [6, 6.07) is 8.49. The lowest BCUT2D eigenvalue weighted by Gasteiger charge is -2.32. The molecule has 3 nitrogen and oxygen atoms in total. The minimum atomic E-state index is 0. The Morgan fingerprint density at radius 3 is 2.50 bits per heavy atom. The van der Waals surface area contributed by atoms with Crippen molar-refractivity contribution in [2.75, 3.05) is 20.1 Å². The first kappa shape index (κ1) is 17.0. The first-order valence-corrected chi connectivity index (χ1v) is 7.18. The monoisotopic (exact) mass is 296 g/mol. The molecule has 4 heteroatoms. The predicted octanol–water partition coefficient (Wildman–Crippen LogP) is 3.06. The first-order valence-electron chi connectivity index (χ1n) is 7.18. The number of carbonyl (C=O) groups excluding carboxylic acids is 1. The standard InChI is InChI=1S/C16H24N2O.ClH/c1-12(2)13-6-8-14(9-7-13)16(19)18-10-4-5-15(11-18)17-3;/h6-9,12,15,17H,4-5,10-11H2,1-3H3;1H. The Labute approximate surface area is 128 Å². The van der Waals surface area contributed by atoms with Crippen molar-refractivity contribution in [3.8, 4) is 0 Å². The lowest BCUT2D eigenvalue weighted by molar-refractivity contribution is 0.0698. The van der Waals surface area contributed by atoms with Gasteiger partial charge in [-0.2, -0.15) is 0 Å². The molecule has 0 bridgehead atoms. The molecule has 0 radical (unpaired) electrons. The molecule has 20 heavy (non-hydrogen) atoms. The highest BCUT2D eigenvalue weighted by Crippen LogP contribution is 2.17. The largest absolute Gasteiger partial charge is 0.337 e. The van der Waals surface area contributed by atoms with E-state index in [1.165, 1.54) is 5.56 Å². The normalized spacial score (nSPS) is 18.8. The summed E-state index contributed by atoms with van der Waals surface area (Å²) in [5.74, 6) is 0.670. The van der Waals surface area contributed by atoms with Gasteiger partial charge in [-0.05, 0) is 43.5 Å². The molecule has 1 fully saturated rings. The minimum absolute atomic E-state index is 0. The number of nitrogens with one attached hydrogen (secondary N) is 1. The van der Waals surface area contributed by atoms with Crippen LogP contribution < -0.4 is 5.32 Å². The number of piperidine rings is 1. The van der Waals surface area contributed by atoms with Crippen LogP contribution in [0.2, 0.25) is 0 Å². The van der Waals surface area contributed by atoms with Crippen molar-refractivity contribution in [3.05, 3.63) is 35.4 Å². The van der Waals surface area contributed by atoms with Crippen LogP contribution in [0.25, 0.3) is 0 Å². The number of rotatable bonds is 3. The van der Waals surface area contributed by atoms with E-state index in [2.05, 4.69) is 31.3 Å². The van der Waals surface area contributed by atoms with E-state index in [0.29, 0.717) is 12.0 Å². The maximum Gasteiger partial charge on any atom is 0.253 e. The van der Waals surface area contributed by atoms with Gasteiger partial charge in [0.15, 0.2) is 0 Å². The second-order valence-corrected chi connectivity index (χ2v) is 5.66. The second kappa shape index (κ2) is 7.65. The van der Waals surface area contributed by atoms with E-state index in [9.17, 15) is 4.79 Å². The van der Waals surface area contributed by atoms with E-state index in [0.717, 1.165) is 31.5 Å². The third-order valence-electron chi connectivity index (χ3n) is 3.94. The van der Waals surface area contributed by atoms with Crippen molar-refractivity contribution in [2.45, 2.75) is 38.6 Å². The maximum atomic E-state index is 12.4. The fourth-order valence-electron chi connectivity index (χ4n) is 2.59. The molecule has 1 aromatic rings. The molecule has 1 aliphatic heterocycles. The Kier molecular flexibility index (Phi) is 6.50. The SMILES string of the molecule is CNC1CCCN(C(=O)c2ccc(C(C)C)cc2)C1.Cl. The highest BCUT2D eigenvalue weighted by atomic mass is 35.5. The molecule has 1 heterocycles. The zero-order valence-electron chi connectivity index (χ0n) is 12.6. The molecule has 1 atom stereocenters. The predicted molar refractivity (Wildman–Crippen MR) is 85.8 cm³/mol. The van der Waals surface area contributed by atoms with E-state index < -0.39 is 0 Å². The molecule has 112 valence electrons. The van der Waals surface area contributed by atoms with Crippen molar-refractivity contribution in [1.29, 1.82) is 0 Å². The van der Waals surface area contributed by atoms with Crippen molar-refractivity contribution in [1.82, 2.24) is 10.2 Å². The average molecular weight is 297 g/mol. The number of likely N-dealkylation sites (tertiary alicyclic amines) is 1. The van der Waals surface area contributed by atoms with Crippen LogP contribution in [0.1, 0.15) is 48.5 Å². The van der Waals surface area contributed by atoms with Gasteiger partial charge in [-0.1, -0.05) is 26.0 Å². The molecular weight excluding hydrogens is 272 g/mol. The zero-order valence-corrected chi connectivity index (χ0v) is 13.4. The van der Waals surface area contributed by atoms with Crippen LogP contribution in [-0.4, -0.2) is 37.0 Å². The van der Waals surface area contributed by atoms with Gasteiger partial charge in [0.05, 0.1) is 0 Å². The summed E-state index contributed by atoms with van der Waals surface area (Å²) < 4.78 is 0. The molecule has 1 aromatic carbocycles. The van der Waals surface area contributed by atoms with Crippen LogP contribution in [0.5, 0.6) is 0 Å². The Morgan fingerprint density at radius 1 is 1.30 bits per heavy atom. The van der Waals surface area contributed by atoms with Gasteiger partial charge in [0.25, 0.3) is 5.91 Å². The summed E-state index contributed by atoms with van der Waals surface area (Å²) in [7, 11) is 1.97. The molecule has 0 spiro atoms. The van der Waals surface area contributed by atoms with E-state index >= 15 is 0 Å². The molecule has 1 unspecified atom stereocenters. The fourth-order valence-corrected chi connectivity index (χ4v) is 2.59. The van der Waals surface area contributed by atoms with Gasteiger partial charge in [-0.25, -0.2) is 0 Å². The second-order valence-electron chi connectivity index (χ2n) is 5.66. The molecule has 1 saturated heterocycles. The quantitative estimate of drug-likeness (QED) is 0.930. The Morgan fingerprint density at radius 2 is 1.95 bits per heavy atom. The smallest absolute Gasteiger partial charge is 0.253 e. The summed E-state index contributed by atoms with van der Waals surface area (Å²) in [6.07, 6.45) is 2.24.